The van der Waals surface area contributed by atoms with Gasteiger partial charge in [0.2, 0.25) is 0 Å². The molecule has 0 unspecified atom stereocenters. The fourth-order valence-electron chi connectivity index (χ4n) is 2.21. The van der Waals surface area contributed by atoms with Crippen molar-refractivity contribution in [1.29, 1.82) is 0 Å². The Hall–Kier alpha value is -3.14. The van der Waals surface area contributed by atoms with E-state index in [9.17, 15) is 0 Å². The maximum Gasteiger partial charge on any atom is 0.0617 e. The molecule has 0 heterocycles. The Morgan fingerprint density at radius 3 is 1.45 bits per heavy atom. The van der Waals surface area contributed by atoms with Crippen LogP contribution in [0, 0.1) is 0 Å². The van der Waals surface area contributed by atoms with E-state index in [0.29, 0.717) is 11.4 Å². The van der Waals surface area contributed by atoms with Gasteiger partial charge in [0, 0.05) is 11.4 Å². The SMILES string of the molecule is Nc1ccccc1Nc1cccc(Nc2ccccc2N)c1. The van der Waals surface area contributed by atoms with Crippen LogP contribution < -0.4 is 22.1 Å². The van der Waals surface area contributed by atoms with Gasteiger partial charge in [-0.3, -0.25) is 0 Å². The van der Waals surface area contributed by atoms with E-state index in [1.165, 1.54) is 0 Å². The predicted octanol–water partition coefficient (Wildman–Crippen LogP) is 4.34. The summed E-state index contributed by atoms with van der Waals surface area (Å²) < 4.78 is 0. The maximum atomic E-state index is 5.96. The first-order chi connectivity index (χ1) is 10.7. The molecule has 3 aromatic carbocycles. The van der Waals surface area contributed by atoms with Crippen LogP contribution >= 0.6 is 0 Å². The van der Waals surface area contributed by atoms with Crippen LogP contribution in [-0.4, -0.2) is 0 Å². The van der Waals surface area contributed by atoms with Crippen molar-refractivity contribution in [2.24, 2.45) is 0 Å². The molecule has 110 valence electrons. The number of nitrogens with one attached hydrogen (secondary N) is 2. The molecule has 3 aromatic rings. The minimum Gasteiger partial charge on any atom is -0.397 e. The predicted molar refractivity (Wildman–Crippen MR) is 94.7 cm³/mol. The van der Waals surface area contributed by atoms with E-state index < -0.39 is 0 Å². The van der Waals surface area contributed by atoms with Gasteiger partial charge < -0.3 is 22.1 Å². The lowest BCUT2D eigenvalue weighted by Crippen LogP contribution is -1.98. The zero-order valence-electron chi connectivity index (χ0n) is 12.1. The Bertz CT molecular complexity index is 721. The standard InChI is InChI=1S/C18H18N4/c19-15-8-1-3-10-17(15)21-13-6-5-7-14(12-13)22-18-11-4-2-9-16(18)20/h1-12,21-22H,19-20H2. The highest BCUT2D eigenvalue weighted by Gasteiger charge is 2.02. The lowest BCUT2D eigenvalue weighted by atomic mass is 10.2. The van der Waals surface area contributed by atoms with Gasteiger partial charge >= 0.3 is 0 Å². The Balaban J connectivity index is 1.81. The number of nitrogen functional groups attached to an aromatic ring is 2. The van der Waals surface area contributed by atoms with Crippen molar-refractivity contribution in [3.05, 3.63) is 72.8 Å². The molecular formula is C18H18N4. The number of para-hydroxylation sites is 4. The van der Waals surface area contributed by atoms with E-state index in [1.807, 2.05) is 72.8 Å². The average Bonchev–Trinajstić information content (AvgIpc) is 2.52. The molecule has 4 heteroatoms. The Kier molecular flexibility index (Phi) is 3.83. The fraction of sp³-hybridized carbons (Fsp3) is 0. The maximum absolute atomic E-state index is 5.96. The molecule has 0 spiro atoms. The molecular weight excluding hydrogens is 272 g/mol. The van der Waals surface area contributed by atoms with Gasteiger partial charge in [0.15, 0.2) is 0 Å². The van der Waals surface area contributed by atoms with Crippen LogP contribution in [0.15, 0.2) is 72.8 Å². The zero-order valence-corrected chi connectivity index (χ0v) is 12.1. The van der Waals surface area contributed by atoms with Crippen molar-refractivity contribution in [3.63, 3.8) is 0 Å². The summed E-state index contributed by atoms with van der Waals surface area (Å²) in [4.78, 5) is 0. The third-order valence-electron chi connectivity index (χ3n) is 3.34. The number of rotatable bonds is 4. The van der Waals surface area contributed by atoms with Crippen LogP contribution in [0.5, 0.6) is 0 Å². The highest BCUT2D eigenvalue weighted by molar-refractivity contribution is 5.77. The Morgan fingerprint density at radius 1 is 0.545 bits per heavy atom. The smallest absolute Gasteiger partial charge is 0.0617 e. The molecule has 0 fully saturated rings. The zero-order chi connectivity index (χ0) is 15.4. The molecule has 0 bridgehead atoms. The summed E-state index contributed by atoms with van der Waals surface area (Å²) in [6, 6.07) is 23.3. The van der Waals surface area contributed by atoms with Gasteiger partial charge in [-0.2, -0.15) is 0 Å². The van der Waals surface area contributed by atoms with Gasteiger partial charge in [-0.15, -0.1) is 0 Å². The summed E-state index contributed by atoms with van der Waals surface area (Å²) in [5.41, 5.74) is 17.0. The monoisotopic (exact) mass is 290 g/mol. The quantitative estimate of drug-likeness (QED) is 0.539. The van der Waals surface area contributed by atoms with Crippen molar-refractivity contribution in [2.45, 2.75) is 0 Å². The van der Waals surface area contributed by atoms with Crippen molar-refractivity contribution in [1.82, 2.24) is 0 Å². The van der Waals surface area contributed by atoms with E-state index in [0.717, 1.165) is 22.7 Å². The largest absolute Gasteiger partial charge is 0.397 e. The van der Waals surface area contributed by atoms with E-state index >= 15 is 0 Å². The number of benzene rings is 3. The van der Waals surface area contributed by atoms with E-state index in [-0.39, 0.29) is 0 Å². The molecule has 0 aliphatic heterocycles. The number of hydrogen-bond donors (Lipinski definition) is 4. The lowest BCUT2D eigenvalue weighted by molar-refractivity contribution is 1.51. The van der Waals surface area contributed by atoms with Crippen LogP contribution in [-0.2, 0) is 0 Å². The van der Waals surface area contributed by atoms with Gasteiger partial charge in [-0.1, -0.05) is 30.3 Å². The van der Waals surface area contributed by atoms with Crippen LogP contribution in [0.2, 0.25) is 0 Å². The minimum absolute atomic E-state index is 0.716. The molecule has 0 aliphatic rings. The molecule has 3 rings (SSSR count). The Morgan fingerprint density at radius 2 is 1.00 bits per heavy atom. The van der Waals surface area contributed by atoms with Crippen molar-refractivity contribution < 1.29 is 0 Å². The summed E-state index contributed by atoms with van der Waals surface area (Å²) >= 11 is 0. The molecule has 22 heavy (non-hydrogen) atoms. The highest BCUT2D eigenvalue weighted by Crippen LogP contribution is 2.27. The molecule has 0 radical (unpaired) electrons. The number of anilines is 6. The molecule has 0 atom stereocenters. The highest BCUT2D eigenvalue weighted by atomic mass is 14.9. The summed E-state index contributed by atoms with van der Waals surface area (Å²) in [5, 5.41) is 6.63. The summed E-state index contributed by atoms with van der Waals surface area (Å²) in [6.45, 7) is 0. The van der Waals surface area contributed by atoms with Crippen LogP contribution in [0.4, 0.5) is 34.1 Å². The van der Waals surface area contributed by atoms with Crippen molar-refractivity contribution in [3.8, 4) is 0 Å². The first kappa shape index (κ1) is 13.8. The first-order valence-electron chi connectivity index (χ1n) is 7.05. The van der Waals surface area contributed by atoms with Crippen LogP contribution in [0.3, 0.4) is 0 Å². The van der Waals surface area contributed by atoms with Crippen LogP contribution in [0.1, 0.15) is 0 Å². The van der Waals surface area contributed by atoms with E-state index in [4.69, 9.17) is 11.5 Å². The van der Waals surface area contributed by atoms with Gasteiger partial charge in [0.1, 0.15) is 0 Å². The van der Waals surface area contributed by atoms with Gasteiger partial charge in [-0.05, 0) is 42.5 Å². The topological polar surface area (TPSA) is 76.1 Å². The van der Waals surface area contributed by atoms with Gasteiger partial charge in [0.05, 0.1) is 22.7 Å². The van der Waals surface area contributed by atoms with Crippen molar-refractivity contribution >= 4 is 34.1 Å². The summed E-state index contributed by atoms with van der Waals surface area (Å²) in [5.74, 6) is 0. The molecule has 0 aromatic heterocycles. The molecule has 0 saturated heterocycles. The van der Waals surface area contributed by atoms with Gasteiger partial charge in [-0.25, -0.2) is 0 Å². The molecule has 4 nitrogen and oxygen atoms in total. The van der Waals surface area contributed by atoms with Crippen LogP contribution in [0.25, 0.3) is 0 Å². The third-order valence-corrected chi connectivity index (χ3v) is 3.34. The molecule has 0 saturated carbocycles. The van der Waals surface area contributed by atoms with E-state index in [2.05, 4.69) is 10.6 Å². The second kappa shape index (κ2) is 6.10. The molecule has 6 N–H and O–H groups in total. The van der Waals surface area contributed by atoms with E-state index in [1.54, 1.807) is 0 Å². The van der Waals surface area contributed by atoms with Crippen molar-refractivity contribution in [2.75, 3.05) is 22.1 Å². The Labute approximate surface area is 129 Å². The molecule has 0 amide bonds. The third kappa shape index (κ3) is 3.12. The normalized spacial score (nSPS) is 10.2. The minimum atomic E-state index is 0.716. The lowest BCUT2D eigenvalue weighted by Gasteiger charge is -2.12. The summed E-state index contributed by atoms with van der Waals surface area (Å²) in [6.07, 6.45) is 0. The number of hydrogen-bond acceptors (Lipinski definition) is 4. The first-order valence-corrected chi connectivity index (χ1v) is 7.05. The second-order valence-electron chi connectivity index (χ2n) is 5.01. The average molecular weight is 290 g/mol. The molecule has 0 aliphatic carbocycles. The number of nitrogens with two attached hydrogens (primary N) is 2. The second-order valence-corrected chi connectivity index (χ2v) is 5.01. The fourth-order valence-corrected chi connectivity index (χ4v) is 2.21. The summed E-state index contributed by atoms with van der Waals surface area (Å²) in [7, 11) is 0. The van der Waals surface area contributed by atoms with Gasteiger partial charge in [0.25, 0.3) is 0 Å².